The van der Waals surface area contributed by atoms with Crippen molar-refractivity contribution in [3.63, 3.8) is 0 Å². The highest BCUT2D eigenvalue weighted by Gasteiger charge is 2.18. The van der Waals surface area contributed by atoms with Crippen LogP contribution < -0.4 is 5.43 Å². The summed E-state index contributed by atoms with van der Waals surface area (Å²) in [5.41, 5.74) is 5.90. The predicted molar refractivity (Wildman–Crippen MR) is 101 cm³/mol. The number of hydrogen-bond acceptors (Lipinski definition) is 4. The number of fused-ring (bicyclic) bond motifs is 2. The maximum absolute atomic E-state index is 13.5. The van der Waals surface area contributed by atoms with E-state index in [1.807, 2.05) is 35.9 Å². The van der Waals surface area contributed by atoms with Gasteiger partial charge in [0.25, 0.3) is 0 Å². The van der Waals surface area contributed by atoms with E-state index in [2.05, 4.69) is 15.5 Å². The van der Waals surface area contributed by atoms with Crippen molar-refractivity contribution in [3.8, 4) is 0 Å². The number of nitrogens with zero attached hydrogens (tertiary/aromatic N) is 3. The van der Waals surface area contributed by atoms with Crippen LogP contribution in [-0.2, 0) is 18.3 Å². The van der Waals surface area contributed by atoms with Gasteiger partial charge in [0.2, 0.25) is 5.91 Å². The summed E-state index contributed by atoms with van der Waals surface area (Å²) in [5.74, 6) is 0.990. The minimum Gasteiger partial charge on any atom is -0.331 e. The number of nitrogens with one attached hydrogen (secondary N) is 1. The zero-order valence-corrected chi connectivity index (χ0v) is 15.0. The van der Waals surface area contributed by atoms with Crippen LogP contribution in [0.5, 0.6) is 0 Å². The number of imidazole rings is 1. The highest BCUT2D eigenvalue weighted by molar-refractivity contribution is 7.99. The summed E-state index contributed by atoms with van der Waals surface area (Å²) in [4.78, 5) is 17.8. The molecule has 1 aliphatic heterocycles. The van der Waals surface area contributed by atoms with Crippen molar-refractivity contribution in [1.82, 2.24) is 15.0 Å². The molecule has 5 nitrogen and oxygen atoms in total. The lowest BCUT2D eigenvalue weighted by Crippen LogP contribution is -2.24. The lowest BCUT2D eigenvalue weighted by Gasteiger charge is -2.17. The largest absolute Gasteiger partial charge is 0.331 e. The Labute approximate surface area is 154 Å². The summed E-state index contributed by atoms with van der Waals surface area (Å²) < 4.78 is 15.4. The number of amides is 1. The number of aromatic nitrogens is 2. The molecule has 0 atom stereocenters. The van der Waals surface area contributed by atoms with Gasteiger partial charge in [-0.1, -0.05) is 12.1 Å². The van der Waals surface area contributed by atoms with Crippen LogP contribution in [0.4, 0.5) is 4.39 Å². The Morgan fingerprint density at radius 1 is 1.35 bits per heavy atom. The van der Waals surface area contributed by atoms with Gasteiger partial charge in [0.15, 0.2) is 0 Å². The second-order valence-electron chi connectivity index (χ2n) is 6.08. The molecule has 132 valence electrons. The molecule has 4 rings (SSSR count). The van der Waals surface area contributed by atoms with Crippen LogP contribution in [-0.4, -0.2) is 26.9 Å². The molecule has 0 saturated carbocycles. The molecule has 0 spiro atoms. The third-order valence-corrected chi connectivity index (χ3v) is 5.44. The molecule has 2 heterocycles. The molecule has 0 saturated heterocycles. The molecule has 0 bridgehead atoms. The summed E-state index contributed by atoms with van der Waals surface area (Å²) in [5, 5.41) is 4.25. The van der Waals surface area contributed by atoms with Gasteiger partial charge in [0.1, 0.15) is 11.6 Å². The predicted octanol–water partition coefficient (Wildman–Crippen LogP) is 3.27. The summed E-state index contributed by atoms with van der Waals surface area (Å²) in [7, 11) is 1.89. The van der Waals surface area contributed by atoms with Crippen LogP contribution in [0, 0.1) is 5.82 Å². The minimum absolute atomic E-state index is 0.132. The average molecular weight is 368 g/mol. The van der Waals surface area contributed by atoms with Crippen molar-refractivity contribution in [2.75, 3.05) is 5.75 Å². The molecule has 1 aliphatic rings. The first-order chi connectivity index (χ1) is 12.6. The molecule has 0 fully saturated rings. The Hall–Kier alpha value is -2.67. The van der Waals surface area contributed by atoms with Gasteiger partial charge in [-0.05, 0) is 30.3 Å². The molecule has 2 aromatic carbocycles. The van der Waals surface area contributed by atoms with Gasteiger partial charge in [-0.2, -0.15) is 5.10 Å². The van der Waals surface area contributed by atoms with Gasteiger partial charge in [0.05, 0.1) is 23.2 Å². The third kappa shape index (κ3) is 3.22. The Morgan fingerprint density at radius 3 is 3.04 bits per heavy atom. The van der Waals surface area contributed by atoms with Crippen LogP contribution in [0.15, 0.2) is 52.5 Å². The number of hydrazone groups is 1. The fraction of sp³-hybridized carbons (Fsp3) is 0.211. The van der Waals surface area contributed by atoms with Gasteiger partial charge in [-0.25, -0.2) is 14.8 Å². The molecule has 3 aromatic rings. The smallest absolute Gasteiger partial charge is 0.247 e. The van der Waals surface area contributed by atoms with Gasteiger partial charge in [0, 0.05) is 29.7 Å². The van der Waals surface area contributed by atoms with E-state index >= 15 is 0 Å². The van der Waals surface area contributed by atoms with Gasteiger partial charge in [-0.15, -0.1) is 11.8 Å². The van der Waals surface area contributed by atoms with Gasteiger partial charge in [-0.3, -0.25) is 4.79 Å². The summed E-state index contributed by atoms with van der Waals surface area (Å²) >= 11 is 1.67. The molecule has 1 N–H and O–H groups in total. The van der Waals surface area contributed by atoms with E-state index in [1.54, 1.807) is 17.8 Å². The quantitative estimate of drug-likeness (QED) is 0.722. The number of benzene rings is 2. The van der Waals surface area contributed by atoms with Crippen molar-refractivity contribution in [3.05, 3.63) is 59.7 Å². The first-order valence-electron chi connectivity index (χ1n) is 8.30. The minimum atomic E-state index is -0.301. The number of para-hydroxylation sites is 2. The molecule has 0 unspecified atom stereocenters. The van der Waals surface area contributed by atoms with Crippen LogP contribution >= 0.6 is 11.8 Å². The summed E-state index contributed by atoms with van der Waals surface area (Å²) in [6, 6.07) is 12.4. The van der Waals surface area contributed by atoms with Gasteiger partial charge >= 0.3 is 0 Å². The van der Waals surface area contributed by atoms with Crippen LogP contribution in [0.3, 0.4) is 0 Å². The van der Waals surface area contributed by atoms with E-state index in [-0.39, 0.29) is 18.1 Å². The Bertz CT molecular complexity index is 1030. The van der Waals surface area contributed by atoms with Crippen molar-refractivity contribution in [1.29, 1.82) is 0 Å². The van der Waals surface area contributed by atoms with E-state index in [1.165, 1.54) is 12.1 Å². The van der Waals surface area contributed by atoms with E-state index in [4.69, 9.17) is 0 Å². The molecule has 0 radical (unpaired) electrons. The van der Waals surface area contributed by atoms with E-state index in [9.17, 15) is 9.18 Å². The Morgan fingerprint density at radius 2 is 2.19 bits per heavy atom. The maximum Gasteiger partial charge on any atom is 0.247 e. The van der Waals surface area contributed by atoms with Crippen molar-refractivity contribution in [2.24, 2.45) is 12.1 Å². The number of thioether (sulfide) groups is 1. The van der Waals surface area contributed by atoms with Crippen LogP contribution in [0.25, 0.3) is 11.0 Å². The molecule has 26 heavy (non-hydrogen) atoms. The maximum atomic E-state index is 13.5. The number of carbonyl (C=O) groups excluding carboxylic acids is 1. The fourth-order valence-electron chi connectivity index (χ4n) is 3.03. The first-order valence-corrected chi connectivity index (χ1v) is 9.29. The molecule has 0 aliphatic carbocycles. The number of carbonyl (C=O) groups is 1. The van der Waals surface area contributed by atoms with E-state index in [0.29, 0.717) is 18.0 Å². The Kier molecular flexibility index (Phi) is 4.46. The number of rotatable bonds is 3. The second kappa shape index (κ2) is 6.92. The SMILES string of the molecule is Cn1c(CC(=O)N/N=C2/CCSc3ccc(F)cc32)nc2ccccc21. The average Bonchev–Trinajstić information content (AvgIpc) is 2.96. The highest BCUT2D eigenvalue weighted by Crippen LogP contribution is 2.30. The normalized spacial score (nSPS) is 15.2. The standard InChI is InChI=1S/C19H17FN4OS/c1-24-16-5-3-2-4-15(16)21-18(24)11-19(25)23-22-14-8-9-26-17-7-6-12(20)10-13(14)17/h2-7,10H,8-9,11H2,1H3,(H,23,25)/b22-14-. The van der Waals surface area contributed by atoms with E-state index in [0.717, 1.165) is 27.2 Å². The van der Waals surface area contributed by atoms with Crippen molar-refractivity contribution >= 4 is 34.4 Å². The van der Waals surface area contributed by atoms with Crippen LogP contribution in [0.2, 0.25) is 0 Å². The topological polar surface area (TPSA) is 59.3 Å². The lowest BCUT2D eigenvalue weighted by molar-refractivity contribution is -0.120. The third-order valence-electron chi connectivity index (χ3n) is 4.36. The van der Waals surface area contributed by atoms with Crippen LogP contribution in [0.1, 0.15) is 17.8 Å². The first kappa shape index (κ1) is 16.8. The highest BCUT2D eigenvalue weighted by atomic mass is 32.2. The molecule has 1 aromatic heterocycles. The number of aryl methyl sites for hydroxylation is 1. The Balaban J connectivity index is 1.51. The van der Waals surface area contributed by atoms with Gasteiger partial charge < -0.3 is 4.57 Å². The molecule has 1 amide bonds. The summed E-state index contributed by atoms with van der Waals surface area (Å²) in [6.45, 7) is 0. The zero-order valence-electron chi connectivity index (χ0n) is 14.2. The summed E-state index contributed by atoms with van der Waals surface area (Å²) in [6.07, 6.45) is 0.820. The second-order valence-corrected chi connectivity index (χ2v) is 7.22. The number of halogens is 1. The molecule has 7 heteroatoms. The van der Waals surface area contributed by atoms with E-state index < -0.39 is 0 Å². The fourth-order valence-corrected chi connectivity index (χ4v) is 4.04. The lowest BCUT2D eigenvalue weighted by atomic mass is 10.1. The monoisotopic (exact) mass is 368 g/mol. The zero-order chi connectivity index (χ0) is 18.1. The van der Waals surface area contributed by atoms with Crippen molar-refractivity contribution in [2.45, 2.75) is 17.7 Å². The molecular weight excluding hydrogens is 351 g/mol. The van der Waals surface area contributed by atoms with Crippen molar-refractivity contribution < 1.29 is 9.18 Å². The molecular formula is C19H17FN4OS. The number of hydrogen-bond donors (Lipinski definition) is 1.